The molecular formula is C13H19Cl2F3N4O. The van der Waals surface area contributed by atoms with Crippen molar-refractivity contribution in [3.05, 3.63) is 24.0 Å². The lowest BCUT2D eigenvalue weighted by atomic mass is 10.1. The SMILES string of the molecule is Cl.Cl.Nc1ccc(C(=O)NCC2CCN(CC(F)(F)F)C2)nc1. The van der Waals surface area contributed by atoms with Crippen LogP contribution in [0.1, 0.15) is 16.9 Å². The number of alkyl halides is 3. The Hall–Kier alpha value is -1.25. The summed E-state index contributed by atoms with van der Waals surface area (Å²) in [6.45, 7) is 0.200. The molecule has 0 aromatic carbocycles. The minimum absolute atomic E-state index is 0. The van der Waals surface area contributed by atoms with E-state index in [-0.39, 0.29) is 42.3 Å². The van der Waals surface area contributed by atoms with E-state index in [1.54, 1.807) is 6.07 Å². The Kier molecular flexibility index (Phi) is 8.65. The number of aromatic nitrogens is 1. The zero-order valence-corrected chi connectivity index (χ0v) is 13.8. The van der Waals surface area contributed by atoms with Crippen molar-refractivity contribution in [2.75, 3.05) is 31.9 Å². The molecule has 5 nitrogen and oxygen atoms in total. The number of nitrogen functional groups attached to an aromatic ring is 1. The highest BCUT2D eigenvalue weighted by molar-refractivity contribution is 5.92. The molecule has 1 saturated heterocycles. The number of hydrogen-bond acceptors (Lipinski definition) is 4. The van der Waals surface area contributed by atoms with Gasteiger partial charge in [-0.1, -0.05) is 0 Å². The maximum absolute atomic E-state index is 12.3. The summed E-state index contributed by atoms with van der Waals surface area (Å²) in [6, 6.07) is 3.08. The number of pyridine rings is 1. The molecular weight excluding hydrogens is 356 g/mol. The van der Waals surface area contributed by atoms with E-state index in [0.29, 0.717) is 31.7 Å². The fraction of sp³-hybridized carbons (Fsp3) is 0.538. The van der Waals surface area contributed by atoms with Crippen LogP contribution in [-0.2, 0) is 0 Å². The molecule has 1 aliphatic heterocycles. The molecule has 0 saturated carbocycles. The van der Waals surface area contributed by atoms with Crippen LogP contribution in [0.15, 0.2) is 18.3 Å². The molecule has 1 amide bonds. The first-order valence-electron chi connectivity index (χ1n) is 6.62. The van der Waals surface area contributed by atoms with Crippen LogP contribution in [0.2, 0.25) is 0 Å². The standard InChI is InChI=1S/C13H17F3N4O.2ClH/c14-13(15,16)8-20-4-3-9(7-20)5-19-12(21)11-2-1-10(17)6-18-11;;/h1-2,6,9H,3-5,7-8,17H2,(H,19,21);2*1H. The molecule has 23 heavy (non-hydrogen) atoms. The Balaban J connectivity index is 0.00000242. The second-order valence-corrected chi connectivity index (χ2v) is 5.19. The van der Waals surface area contributed by atoms with Crippen LogP contribution >= 0.6 is 24.8 Å². The smallest absolute Gasteiger partial charge is 0.397 e. The average molecular weight is 375 g/mol. The topological polar surface area (TPSA) is 71.2 Å². The number of carbonyl (C=O) groups is 1. The zero-order chi connectivity index (χ0) is 15.5. The van der Waals surface area contributed by atoms with Crippen molar-refractivity contribution in [1.29, 1.82) is 0 Å². The van der Waals surface area contributed by atoms with Crippen molar-refractivity contribution < 1.29 is 18.0 Å². The highest BCUT2D eigenvalue weighted by Crippen LogP contribution is 2.22. The number of halogens is 5. The number of nitrogens with one attached hydrogen (secondary N) is 1. The molecule has 2 heterocycles. The van der Waals surface area contributed by atoms with E-state index in [0.717, 1.165) is 0 Å². The fourth-order valence-corrected chi connectivity index (χ4v) is 2.34. The number of nitrogens with two attached hydrogens (primary N) is 1. The first-order chi connectivity index (χ1) is 9.83. The molecule has 0 spiro atoms. The van der Waals surface area contributed by atoms with Gasteiger partial charge in [0.2, 0.25) is 0 Å². The van der Waals surface area contributed by atoms with Crippen molar-refractivity contribution in [2.24, 2.45) is 5.92 Å². The van der Waals surface area contributed by atoms with Crippen LogP contribution in [0, 0.1) is 5.92 Å². The van der Waals surface area contributed by atoms with Crippen LogP contribution < -0.4 is 11.1 Å². The maximum atomic E-state index is 12.3. The monoisotopic (exact) mass is 374 g/mol. The molecule has 1 aromatic rings. The molecule has 3 N–H and O–H groups in total. The van der Waals surface area contributed by atoms with Crippen LogP contribution in [0.25, 0.3) is 0 Å². The van der Waals surface area contributed by atoms with Gasteiger partial charge in [0.05, 0.1) is 18.4 Å². The summed E-state index contributed by atoms with van der Waals surface area (Å²) in [5.74, 6) is -0.311. The number of hydrogen-bond donors (Lipinski definition) is 2. The van der Waals surface area contributed by atoms with Crippen LogP contribution in [-0.4, -0.2) is 48.1 Å². The molecule has 10 heteroatoms. The largest absolute Gasteiger partial charge is 0.401 e. The van der Waals surface area contributed by atoms with Gasteiger partial charge >= 0.3 is 6.18 Å². The van der Waals surface area contributed by atoms with Crippen LogP contribution in [0.5, 0.6) is 0 Å². The summed E-state index contributed by atoms with van der Waals surface area (Å²) < 4.78 is 36.8. The van der Waals surface area contributed by atoms with Crippen molar-refractivity contribution in [1.82, 2.24) is 15.2 Å². The van der Waals surface area contributed by atoms with Gasteiger partial charge in [0.1, 0.15) is 5.69 Å². The summed E-state index contributed by atoms with van der Waals surface area (Å²) in [6.07, 6.45) is -2.15. The predicted octanol–water partition coefficient (Wildman–Crippen LogP) is 2.12. The summed E-state index contributed by atoms with van der Waals surface area (Å²) in [5.41, 5.74) is 6.18. The summed E-state index contributed by atoms with van der Waals surface area (Å²) in [7, 11) is 0. The van der Waals surface area contributed by atoms with E-state index in [4.69, 9.17) is 5.73 Å². The normalized spacial score (nSPS) is 18.0. The summed E-state index contributed by atoms with van der Waals surface area (Å²) in [5, 5.41) is 2.69. The van der Waals surface area contributed by atoms with Gasteiger partial charge < -0.3 is 11.1 Å². The minimum atomic E-state index is -4.17. The third-order valence-electron chi connectivity index (χ3n) is 3.34. The van der Waals surface area contributed by atoms with Gasteiger partial charge in [-0.05, 0) is 31.0 Å². The Morgan fingerprint density at radius 2 is 2.09 bits per heavy atom. The third-order valence-corrected chi connectivity index (χ3v) is 3.34. The van der Waals surface area contributed by atoms with Crippen molar-refractivity contribution >= 4 is 36.4 Å². The molecule has 132 valence electrons. The second-order valence-electron chi connectivity index (χ2n) is 5.19. The van der Waals surface area contributed by atoms with Gasteiger partial charge in [0, 0.05) is 13.1 Å². The Bertz CT molecular complexity index is 499. The van der Waals surface area contributed by atoms with E-state index in [1.165, 1.54) is 17.2 Å². The molecule has 2 rings (SSSR count). The molecule has 1 fully saturated rings. The molecule has 1 atom stereocenters. The number of anilines is 1. The van der Waals surface area contributed by atoms with Gasteiger partial charge in [-0.25, -0.2) is 4.98 Å². The van der Waals surface area contributed by atoms with E-state index >= 15 is 0 Å². The molecule has 0 radical (unpaired) electrons. The van der Waals surface area contributed by atoms with Crippen molar-refractivity contribution in [2.45, 2.75) is 12.6 Å². The molecule has 1 aliphatic rings. The van der Waals surface area contributed by atoms with E-state index in [1.807, 2.05) is 0 Å². The van der Waals surface area contributed by atoms with E-state index in [9.17, 15) is 18.0 Å². The van der Waals surface area contributed by atoms with Gasteiger partial charge in [-0.2, -0.15) is 13.2 Å². The second kappa shape index (κ2) is 9.14. The number of rotatable bonds is 4. The summed E-state index contributed by atoms with van der Waals surface area (Å²) in [4.78, 5) is 17.1. The Morgan fingerprint density at radius 3 is 2.65 bits per heavy atom. The molecule has 1 aromatic heterocycles. The highest BCUT2D eigenvalue weighted by Gasteiger charge is 2.34. The number of nitrogens with zero attached hydrogens (tertiary/aromatic N) is 2. The van der Waals surface area contributed by atoms with Gasteiger partial charge in [-0.3, -0.25) is 9.69 Å². The minimum Gasteiger partial charge on any atom is -0.397 e. The van der Waals surface area contributed by atoms with Crippen molar-refractivity contribution in [3.63, 3.8) is 0 Å². The quantitative estimate of drug-likeness (QED) is 0.846. The number of carbonyl (C=O) groups excluding carboxylic acids is 1. The van der Waals surface area contributed by atoms with Gasteiger partial charge in [0.15, 0.2) is 0 Å². The molecule has 1 unspecified atom stereocenters. The van der Waals surface area contributed by atoms with Crippen molar-refractivity contribution in [3.8, 4) is 0 Å². The highest BCUT2D eigenvalue weighted by atomic mass is 35.5. The molecule has 0 aliphatic carbocycles. The van der Waals surface area contributed by atoms with Gasteiger partial charge in [-0.15, -0.1) is 24.8 Å². The van der Waals surface area contributed by atoms with E-state index < -0.39 is 12.7 Å². The first-order valence-corrected chi connectivity index (χ1v) is 6.62. The number of amides is 1. The molecule has 0 bridgehead atoms. The predicted molar refractivity (Wildman–Crippen MR) is 86.1 cm³/mol. The van der Waals surface area contributed by atoms with Crippen LogP contribution in [0.4, 0.5) is 18.9 Å². The third kappa shape index (κ3) is 7.24. The van der Waals surface area contributed by atoms with E-state index in [2.05, 4.69) is 10.3 Å². The summed E-state index contributed by atoms with van der Waals surface area (Å²) >= 11 is 0. The fourth-order valence-electron chi connectivity index (χ4n) is 2.34. The maximum Gasteiger partial charge on any atom is 0.401 e. The van der Waals surface area contributed by atoms with Crippen LogP contribution in [0.3, 0.4) is 0 Å². The lowest BCUT2D eigenvalue weighted by molar-refractivity contribution is -0.143. The Labute approximate surface area is 144 Å². The lowest BCUT2D eigenvalue weighted by Crippen LogP contribution is -2.34. The number of likely N-dealkylation sites (tertiary alicyclic amines) is 1. The first kappa shape index (κ1) is 21.8. The Morgan fingerprint density at radius 1 is 1.39 bits per heavy atom. The lowest BCUT2D eigenvalue weighted by Gasteiger charge is -2.17. The average Bonchev–Trinajstić information content (AvgIpc) is 2.82. The zero-order valence-electron chi connectivity index (χ0n) is 12.2. The van der Waals surface area contributed by atoms with Gasteiger partial charge in [0.25, 0.3) is 5.91 Å².